The molecule has 0 fully saturated rings. The molecular weight excluding hydrogens is 250 g/mol. The van der Waals surface area contributed by atoms with E-state index < -0.39 is 16.5 Å². The predicted octanol–water partition coefficient (Wildman–Crippen LogP) is 0.347. The number of fused-ring (bicyclic) bond motifs is 1. The Bertz CT molecular complexity index is 565. The van der Waals surface area contributed by atoms with Crippen LogP contribution in [0.15, 0.2) is 6.07 Å². The van der Waals surface area contributed by atoms with Crippen LogP contribution in [0.3, 0.4) is 0 Å². The van der Waals surface area contributed by atoms with Gasteiger partial charge in [0.1, 0.15) is 5.75 Å². The van der Waals surface area contributed by atoms with Crippen LogP contribution in [0.5, 0.6) is 17.2 Å². The van der Waals surface area contributed by atoms with Crippen LogP contribution in [0.2, 0.25) is 0 Å². The van der Waals surface area contributed by atoms with Crippen molar-refractivity contribution in [1.82, 2.24) is 0 Å². The van der Waals surface area contributed by atoms with Crippen LogP contribution in [-0.4, -0.2) is 20.6 Å². The summed E-state index contributed by atoms with van der Waals surface area (Å²) in [5.74, 6) is 0.0607. The number of aliphatic hydroxyl groups is 1. The van der Waals surface area contributed by atoms with E-state index in [0.29, 0.717) is 0 Å². The average molecular weight is 261 g/mol. The molecule has 0 spiro atoms. The lowest BCUT2D eigenvalue weighted by Crippen LogP contribution is -2.09. The molecule has 1 aliphatic heterocycles. The summed E-state index contributed by atoms with van der Waals surface area (Å²) in [5, 5.41) is 9.59. The number of rotatable bonds is 2. The summed E-state index contributed by atoms with van der Waals surface area (Å²) in [6.07, 6.45) is -1.02. The number of nitrogens with two attached hydrogens (primary N) is 1. The largest absolute Gasteiger partial charge is 0.501 e. The fraction of sp³-hybridized carbons (Fsp3) is 0.333. The molecular formula is C9H11NO6S. The van der Waals surface area contributed by atoms with Gasteiger partial charge in [-0.2, -0.15) is 0 Å². The van der Waals surface area contributed by atoms with Gasteiger partial charge >= 0.3 is 10.4 Å². The van der Waals surface area contributed by atoms with E-state index >= 15 is 0 Å². The van der Waals surface area contributed by atoms with Crippen LogP contribution in [0.1, 0.15) is 18.6 Å². The highest BCUT2D eigenvalue weighted by Crippen LogP contribution is 2.48. The molecule has 1 atom stereocenters. The number of ether oxygens (including phenoxy) is 1. The normalized spacial score (nSPS) is 17.8. The number of hydrogen-bond donors (Lipinski definition) is 2. The summed E-state index contributed by atoms with van der Waals surface area (Å²) in [5.41, 5.74) is 5.98. The molecule has 0 saturated heterocycles. The molecule has 1 unspecified atom stereocenters. The van der Waals surface area contributed by atoms with E-state index in [0.717, 1.165) is 0 Å². The molecule has 1 aromatic carbocycles. The third-order valence-corrected chi connectivity index (χ3v) is 3.06. The van der Waals surface area contributed by atoms with Crippen molar-refractivity contribution in [3.63, 3.8) is 0 Å². The molecule has 0 saturated carbocycles. The zero-order valence-electron chi connectivity index (χ0n) is 9.13. The van der Waals surface area contributed by atoms with Crippen molar-refractivity contribution >= 4 is 16.1 Å². The first kappa shape index (κ1) is 11.8. The number of methoxy groups -OCH3 is 1. The molecule has 0 bridgehead atoms. The Kier molecular flexibility index (Phi) is 2.55. The van der Waals surface area contributed by atoms with Gasteiger partial charge in [0.05, 0.1) is 24.5 Å². The maximum Gasteiger partial charge on any atom is 0.501 e. The van der Waals surface area contributed by atoms with Crippen molar-refractivity contribution in [2.75, 3.05) is 12.8 Å². The Balaban J connectivity index is 2.71. The van der Waals surface area contributed by atoms with E-state index in [2.05, 4.69) is 8.37 Å². The number of hydrogen-bond acceptors (Lipinski definition) is 7. The van der Waals surface area contributed by atoms with Gasteiger partial charge in [-0.15, -0.1) is 8.42 Å². The van der Waals surface area contributed by atoms with Crippen molar-refractivity contribution in [1.29, 1.82) is 0 Å². The average Bonchev–Trinajstić information content (AvgIpc) is 2.50. The Morgan fingerprint density at radius 2 is 2.12 bits per heavy atom. The van der Waals surface area contributed by atoms with Crippen molar-refractivity contribution in [3.05, 3.63) is 11.6 Å². The minimum atomic E-state index is -4.13. The second kappa shape index (κ2) is 3.67. The Morgan fingerprint density at radius 3 is 2.65 bits per heavy atom. The molecule has 7 nitrogen and oxygen atoms in total. The van der Waals surface area contributed by atoms with Crippen LogP contribution in [0.4, 0.5) is 5.69 Å². The molecule has 2 rings (SSSR count). The topological polar surface area (TPSA) is 108 Å². The highest BCUT2D eigenvalue weighted by atomic mass is 32.3. The van der Waals surface area contributed by atoms with E-state index in [1.165, 1.54) is 20.1 Å². The van der Waals surface area contributed by atoms with Gasteiger partial charge in [-0.3, -0.25) is 0 Å². The van der Waals surface area contributed by atoms with Crippen molar-refractivity contribution in [2.24, 2.45) is 0 Å². The SMILES string of the molecule is COc1cc2c(c(C(C)O)c1N)OS(=O)(=O)O2. The van der Waals surface area contributed by atoms with Gasteiger partial charge in [-0.05, 0) is 6.92 Å². The van der Waals surface area contributed by atoms with Crippen LogP contribution in [0.25, 0.3) is 0 Å². The van der Waals surface area contributed by atoms with Gasteiger partial charge in [-0.1, -0.05) is 0 Å². The Labute approximate surface area is 98.0 Å². The molecule has 1 aromatic rings. The third kappa shape index (κ3) is 1.85. The molecule has 1 heterocycles. The van der Waals surface area contributed by atoms with Crippen molar-refractivity contribution in [3.8, 4) is 17.2 Å². The summed E-state index contributed by atoms with van der Waals surface area (Å²) < 4.78 is 36.5. The number of nitrogen functional groups attached to an aromatic ring is 1. The standard InChI is InChI=1S/C9H11NO6S/c1-4(11)7-8(10)5(14-2)3-6-9(7)16-17(12,13)15-6/h3-4,11H,10H2,1-2H3. The number of aliphatic hydroxyl groups excluding tert-OH is 1. The lowest BCUT2D eigenvalue weighted by Gasteiger charge is -2.13. The van der Waals surface area contributed by atoms with Crippen LogP contribution in [0, 0.1) is 0 Å². The first-order valence-electron chi connectivity index (χ1n) is 4.68. The van der Waals surface area contributed by atoms with Gasteiger partial charge in [0.15, 0.2) is 11.5 Å². The van der Waals surface area contributed by atoms with E-state index in [1.807, 2.05) is 0 Å². The summed E-state index contributed by atoms with van der Waals surface area (Å²) in [6, 6.07) is 1.29. The summed E-state index contributed by atoms with van der Waals surface area (Å²) in [4.78, 5) is 0. The van der Waals surface area contributed by atoms with Crippen LogP contribution in [-0.2, 0) is 10.4 Å². The Hall–Kier alpha value is -1.67. The highest BCUT2D eigenvalue weighted by Gasteiger charge is 2.35. The fourth-order valence-electron chi connectivity index (χ4n) is 1.61. The van der Waals surface area contributed by atoms with Crippen molar-refractivity contribution in [2.45, 2.75) is 13.0 Å². The quantitative estimate of drug-likeness (QED) is 0.739. The summed E-state index contributed by atoms with van der Waals surface area (Å²) in [7, 11) is -2.76. The van der Waals surface area contributed by atoms with E-state index in [1.54, 1.807) is 0 Å². The summed E-state index contributed by atoms with van der Waals surface area (Å²) in [6.45, 7) is 1.43. The molecule has 17 heavy (non-hydrogen) atoms. The zero-order valence-corrected chi connectivity index (χ0v) is 9.95. The number of benzene rings is 1. The first-order chi connectivity index (χ1) is 7.85. The van der Waals surface area contributed by atoms with Gasteiger partial charge in [-0.25, -0.2) is 0 Å². The molecule has 3 N–H and O–H groups in total. The molecule has 0 aromatic heterocycles. The maximum absolute atomic E-state index is 11.2. The fourth-order valence-corrected chi connectivity index (χ4v) is 2.36. The third-order valence-electron chi connectivity index (χ3n) is 2.30. The Morgan fingerprint density at radius 1 is 1.47 bits per heavy atom. The van der Waals surface area contributed by atoms with Gasteiger partial charge < -0.3 is 23.9 Å². The van der Waals surface area contributed by atoms with Crippen LogP contribution < -0.4 is 18.8 Å². The minimum Gasteiger partial charge on any atom is -0.494 e. The lowest BCUT2D eigenvalue weighted by molar-refractivity contribution is 0.197. The monoisotopic (exact) mass is 261 g/mol. The molecule has 0 aliphatic carbocycles. The maximum atomic E-state index is 11.2. The second-order valence-corrected chi connectivity index (χ2v) is 4.63. The molecule has 94 valence electrons. The minimum absolute atomic E-state index is 0.0491. The molecule has 1 aliphatic rings. The van der Waals surface area contributed by atoms with E-state index in [-0.39, 0.29) is 28.5 Å². The molecule has 0 amide bonds. The lowest BCUT2D eigenvalue weighted by atomic mass is 10.1. The number of anilines is 1. The van der Waals surface area contributed by atoms with Gasteiger partial charge in [0, 0.05) is 6.07 Å². The highest BCUT2D eigenvalue weighted by molar-refractivity contribution is 7.82. The predicted molar refractivity (Wildman–Crippen MR) is 58.2 cm³/mol. The van der Waals surface area contributed by atoms with Gasteiger partial charge in [0.2, 0.25) is 0 Å². The zero-order chi connectivity index (χ0) is 12.8. The molecule has 0 radical (unpaired) electrons. The van der Waals surface area contributed by atoms with Crippen LogP contribution >= 0.6 is 0 Å². The van der Waals surface area contributed by atoms with Gasteiger partial charge in [0.25, 0.3) is 0 Å². The second-order valence-electron chi connectivity index (χ2n) is 3.48. The smallest absolute Gasteiger partial charge is 0.494 e. The van der Waals surface area contributed by atoms with Crippen molar-refractivity contribution < 1.29 is 26.6 Å². The first-order valence-corrected chi connectivity index (χ1v) is 6.01. The van der Waals surface area contributed by atoms with E-state index in [9.17, 15) is 13.5 Å². The summed E-state index contributed by atoms with van der Waals surface area (Å²) >= 11 is 0. The van der Waals surface area contributed by atoms with E-state index in [4.69, 9.17) is 10.5 Å². The molecule has 8 heteroatoms.